The van der Waals surface area contributed by atoms with E-state index in [0.29, 0.717) is 26.2 Å². The van der Waals surface area contributed by atoms with Gasteiger partial charge in [0.25, 0.3) is 0 Å². The molecule has 38 heavy (non-hydrogen) atoms. The van der Waals surface area contributed by atoms with Gasteiger partial charge in [0.05, 0.1) is 42.5 Å². The Hall–Kier alpha value is -2.61. The summed E-state index contributed by atoms with van der Waals surface area (Å²) < 4.78 is 17.6. The van der Waals surface area contributed by atoms with Gasteiger partial charge in [-0.1, -0.05) is 13.8 Å². The zero-order valence-corrected chi connectivity index (χ0v) is 23.9. The van der Waals surface area contributed by atoms with Crippen molar-refractivity contribution in [3.05, 3.63) is 57.1 Å². The smallest absolute Gasteiger partial charge is 0.247 e. The molecule has 10 nitrogen and oxygen atoms in total. The van der Waals surface area contributed by atoms with E-state index >= 15 is 0 Å². The largest absolute Gasteiger partial charge is 0.493 e. The number of hydrogen-bond donors (Lipinski definition) is 4. The molecular formula is C27H35IN2O8. The first kappa shape index (κ1) is 29.9. The third-order valence-corrected chi connectivity index (χ3v) is 6.98. The molecule has 1 aromatic heterocycles. The number of furan rings is 1. The van der Waals surface area contributed by atoms with Crippen LogP contribution in [0.4, 0.5) is 0 Å². The number of amides is 2. The molecule has 1 aromatic carbocycles. The summed E-state index contributed by atoms with van der Waals surface area (Å²) in [4.78, 5) is 28.0. The highest BCUT2D eigenvalue weighted by atomic mass is 127. The van der Waals surface area contributed by atoms with Crippen LogP contribution in [0.3, 0.4) is 0 Å². The first-order valence-corrected chi connectivity index (χ1v) is 13.5. The molecule has 0 radical (unpaired) electrons. The lowest BCUT2D eigenvalue weighted by Gasteiger charge is -2.40. The van der Waals surface area contributed by atoms with Crippen molar-refractivity contribution in [2.75, 3.05) is 20.3 Å². The van der Waals surface area contributed by atoms with Crippen LogP contribution in [0.15, 0.2) is 46.8 Å². The van der Waals surface area contributed by atoms with Crippen LogP contribution in [0, 0.1) is 9.49 Å². The summed E-state index contributed by atoms with van der Waals surface area (Å²) >= 11 is 2.05. The second-order valence-corrected chi connectivity index (χ2v) is 10.7. The van der Waals surface area contributed by atoms with Crippen molar-refractivity contribution in [1.29, 1.82) is 0 Å². The quantitative estimate of drug-likeness (QED) is 0.259. The summed E-state index contributed by atoms with van der Waals surface area (Å²) in [6.07, 6.45) is 2.79. The minimum atomic E-state index is -1.18. The van der Waals surface area contributed by atoms with Crippen LogP contribution < -0.4 is 14.8 Å². The fourth-order valence-corrected chi connectivity index (χ4v) is 5.12. The molecule has 1 aliphatic rings. The average Bonchev–Trinajstić information content (AvgIpc) is 3.40. The van der Waals surface area contributed by atoms with Crippen LogP contribution in [0.2, 0.25) is 0 Å². The second kappa shape index (κ2) is 14.0. The van der Waals surface area contributed by atoms with Gasteiger partial charge in [-0.25, -0.2) is 0 Å². The predicted octanol–water partition coefficient (Wildman–Crippen LogP) is 2.38. The molecule has 0 fully saturated rings. The standard InChI is InChI=1S/C27H35IN2O8/c1-16(2)8-24(33)30(13-17-4-7-37-15-17)21-11-19(27(35)29-5-6-31)12-22(25(21)34)38-26-20(28)9-18(14-32)10-23(26)36-3/h4,7,9-10,12,15-16,21-22,25,31-32,34H,5-6,8,11,13-14H2,1-3H3,(H,29,35)/t21-,22+,25+/m1/s1. The van der Waals surface area contributed by atoms with E-state index in [-0.39, 0.29) is 51.0 Å². The van der Waals surface area contributed by atoms with Crippen LogP contribution in [0.5, 0.6) is 11.5 Å². The zero-order valence-electron chi connectivity index (χ0n) is 21.7. The van der Waals surface area contributed by atoms with Crippen LogP contribution >= 0.6 is 22.6 Å². The first-order valence-electron chi connectivity index (χ1n) is 12.4. The maximum absolute atomic E-state index is 13.4. The normalized spacial score (nSPS) is 19.2. The molecule has 0 unspecified atom stereocenters. The van der Waals surface area contributed by atoms with E-state index in [1.54, 1.807) is 35.4 Å². The van der Waals surface area contributed by atoms with E-state index in [9.17, 15) is 24.9 Å². The lowest BCUT2D eigenvalue weighted by Crippen LogP contribution is -2.55. The van der Waals surface area contributed by atoms with Gasteiger partial charge in [-0.05, 0) is 58.3 Å². The van der Waals surface area contributed by atoms with E-state index < -0.39 is 24.2 Å². The molecule has 11 heteroatoms. The zero-order chi connectivity index (χ0) is 27.8. The predicted molar refractivity (Wildman–Crippen MR) is 147 cm³/mol. The molecule has 2 amide bonds. The molecule has 4 N–H and O–H groups in total. The molecule has 2 aromatic rings. The Balaban J connectivity index is 2.02. The van der Waals surface area contributed by atoms with Gasteiger partial charge in [-0.3, -0.25) is 9.59 Å². The van der Waals surface area contributed by atoms with Gasteiger partial charge in [0.2, 0.25) is 11.8 Å². The third-order valence-electron chi connectivity index (χ3n) is 6.18. The topological polar surface area (TPSA) is 142 Å². The second-order valence-electron chi connectivity index (χ2n) is 9.53. The number of nitrogens with one attached hydrogen (secondary N) is 1. The maximum atomic E-state index is 13.4. The SMILES string of the molecule is COc1cc(CO)cc(I)c1O[C@H]1C=C(C(=O)NCCO)C[C@@H](N(Cc2ccoc2)C(=O)CC(C)C)[C@@H]1O. The van der Waals surface area contributed by atoms with Crippen molar-refractivity contribution in [3.63, 3.8) is 0 Å². The minimum Gasteiger partial charge on any atom is -0.493 e. The number of methoxy groups -OCH3 is 1. The molecule has 0 spiro atoms. The molecule has 1 heterocycles. The van der Waals surface area contributed by atoms with Crippen LogP contribution in [-0.4, -0.2) is 70.5 Å². The molecular weight excluding hydrogens is 607 g/mol. The average molecular weight is 642 g/mol. The van der Waals surface area contributed by atoms with Crippen molar-refractivity contribution < 1.29 is 38.8 Å². The summed E-state index contributed by atoms with van der Waals surface area (Å²) in [7, 11) is 1.47. The van der Waals surface area contributed by atoms with Gasteiger partial charge in [-0.2, -0.15) is 0 Å². The maximum Gasteiger partial charge on any atom is 0.247 e. The van der Waals surface area contributed by atoms with Gasteiger partial charge >= 0.3 is 0 Å². The molecule has 1 aliphatic carbocycles. The number of ether oxygens (including phenoxy) is 2. The van der Waals surface area contributed by atoms with E-state index in [4.69, 9.17) is 13.9 Å². The summed E-state index contributed by atoms with van der Waals surface area (Å²) in [6, 6.07) is 4.35. The Kier molecular flexibility index (Phi) is 11.0. The monoisotopic (exact) mass is 642 g/mol. The van der Waals surface area contributed by atoms with E-state index in [1.807, 2.05) is 13.8 Å². The Morgan fingerprint density at radius 1 is 1.26 bits per heavy atom. The summed E-state index contributed by atoms with van der Waals surface area (Å²) in [5.74, 6) is 0.208. The lowest BCUT2D eigenvalue weighted by molar-refractivity contribution is -0.140. The molecule has 0 bridgehead atoms. The highest BCUT2D eigenvalue weighted by Gasteiger charge is 2.41. The van der Waals surface area contributed by atoms with Crippen molar-refractivity contribution in [2.24, 2.45) is 5.92 Å². The van der Waals surface area contributed by atoms with E-state index in [0.717, 1.165) is 5.56 Å². The van der Waals surface area contributed by atoms with Crippen LogP contribution in [0.25, 0.3) is 0 Å². The fraction of sp³-hybridized carbons (Fsp3) is 0.481. The highest BCUT2D eigenvalue weighted by molar-refractivity contribution is 14.1. The summed E-state index contributed by atoms with van der Waals surface area (Å²) in [5.41, 5.74) is 1.71. The number of nitrogens with zero attached hydrogens (tertiary/aromatic N) is 1. The number of rotatable bonds is 12. The van der Waals surface area contributed by atoms with E-state index in [2.05, 4.69) is 27.9 Å². The number of aliphatic hydroxyl groups excluding tert-OH is 3. The number of aliphatic hydroxyl groups is 3. The van der Waals surface area contributed by atoms with Crippen LogP contribution in [-0.2, 0) is 22.7 Å². The molecule has 3 atom stereocenters. The molecule has 0 aliphatic heterocycles. The highest BCUT2D eigenvalue weighted by Crippen LogP contribution is 2.37. The number of carbonyl (C=O) groups excluding carboxylic acids is 2. The first-order chi connectivity index (χ1) is 18.2. The lowest BCUT2D eigenvalue weighted by atomic mass is 9.87. The van der Waals surface area contributed by atoms with Gasteiger partial charge in [-0.15, -0.1) is 0 Å². The molecule has 0 saturated heterocycles. The summed E-state index contributed by atoms with van der Waals surface area (Å²) in [5, 5.41) is 33.0. The number of halogens is 1. The third kappa shape index (κ3) is 7.49. The van der Waals surface area contributed by atoms with Gasteiger partial charge in [0.1, 0.15) is 12.2 Å². The summed E-state index contributed by atoms with van der Waals surface area (Å²) in [6.45, 7) is 3.72. The molecule has 208 valence electrons. The van der Waals surface area contributed by atoms with Gasteiger partial charge in [0.15, 0.2) is 11.5 Å². The number of carbonyl (C=O) groups is 2. The van der Waals surface area contributed by atoms with Crippen molar-refractivity contribution in [3.8, 4) is 11.5 Å². The van der Waals surface area contributed by atoms with Crippen molar-refractivity contribution >= 4 is 34.4 Å². The Morgan fingerprint density at radius 3 is 2.63 bits per heavy atom. The molecule has 0 saturated carbocycles. The Labute approximate surface area is 235 Å². The van der Waals surface area contributed by atoms with Gasteiger partial charge in [0, 0.05) is 37.1 Å². The minimum absolute atomic E-state index is 0.0638. The van der Waals surface area contributed by atoms with Gasteiger partial charge < -0.3 is 39.4 Å². The number of hydrogen-bond acceptors (Lipinski definition) is 8. The Morgan fingerprint density at radius 2 is 2.03 bits per heavy atom. The Bertz CT molecular complexity index is 1120. The number of benzene rings is 1. The van der Waals surface area contributed by atoms with E-state index in [1.165, 1.54) is 13.4 Å². The fourth-order valence-electron chi connectivity index (χ4n) is 4.33. The van der Waals surface area contributed by atoms with Crippen LogP contribution in [0.1, 0.15) is 37.8 Å². The van der Waals surface area contributed by atoms with Crippen molar-refractivity contribution in [1.82, 2.24) is 10.2 Å². The molecule has 3 rings (SSSR count). The van der Waals surface area contributed by atoms with Crippen molar-refractivity contribution in [2.45, 2.75) is 58.1 Å².